The Morgan fingerprint density at radius 1 is 1.29 bits per heavy atom. The lowest BCUT2D eigenvalue weighted by Gasteiger charge is -2.11. The number of hydrogen-bond donors (Lipinski definition) is 2. The van der Waals surface area contributed by atoms with Gasteiger partial charge in [0.05, 0.1) is 11.0 Å². The molecule has 1 aromatic carbocycles. The fraction of sp³-hybridized carbons (Fsp3) is 0.286. The van der Waals surface area contributed by atoms with Gasteiger partial charge in [-0.25, -0.2) is 4.98 Å². The maximum atomic E-state index is 11.8. The van der Waals surface area contributed by atoms with Gasteiger partial charge in [-0.15, -0.1) is 36.2 Å². The number of nitrogens with two attached hydrogens (primary N) is 1. The Morgan fingerprint density at radius 3 is 2.62 bits per heavy atom. The van der Waals surface area contributed by atoms with Crippen molar-refractivity contribution in [2.24, 2.45) is 5.73 Å². The Hall–Kier alpha value is -1.14. The van der Waals surface area contributed by atoms with Crippen molar-refractivity contribution in [3.05, 3.63) is 52.5 Å². The number of aromatic nitrogens is 1. The second-order valence-electron chi connectivity index (χ2n) is 4.26. The molecule has 2 rings (SSSR count). The zero-order valence-corrected chi connectivity index (χ0v) is 13.8. The standard InChI is InChI=1S/C14H17N3OS.2ClH/c15-12(10-11-4-2-1-3-5-11)14(18)17-7-6-13-16-8-9-19-13;;/h1-5,8-9,12H,6-7,10,15H2,(H,17,18);2*1H. The summed E-state index contributed by atoms with van der Waals surface area (Å²) in [5.41, 5.74) is 6.96. The summed E-state index contributed by atoms with van der Waals surface area (Å²) in [7, 11) is 0. The van der Waals surface area contributed by atoms with Gasteiger partial charge in [0.15, 0.2) is 0 Å². The summed E-state index contributed by atoms with van der Waals surface area (Å²) >= 11 is 1.59. The highest BCUT2D eigenvalue weighted by Gasteiger charge is 2.13. The summed E-state index contributed by atoms with van der Waals surface area (Å²) in [6.07, 6.45) is 3.08. The molecule has 0 aliphatic carbocycles. The van der Waals surface area contributed by atoms with Gasteiger partial charge in [-0.05, 0) is 12.0 Å². The first kappa shape index (κ1) is 19.9. The maximum absolute atomic E-state index is 11.8. The van der Waals surface area contributed by atoms with Crippen molar-refractivity contribution < 1.29 is 4.79 Å². The van der Waals surface area contributed by atoms with Crippen LogP contribution < -0.4 is 11.1 Å². The first-order valence-electron chi connectivity index (χ1n) is 6.21. The molecule has 7 heteroatoms. The molecule has 3 N–H and O–H groups in total. The molecule has 0 saturated heterocycles. The zero-order valence-electron chi connectivity index (χ0n) is 11.4. The molecule has 1 aromatic heterocycles. The molecule has 0 aliphatic heterocycles. The average molecular weight is 348 g/mol. The second-order valence-corrected chi connectivity index (χ2v) is 5.24. The van der Waals surface area contributed by atoms with E-state index in [0.717, 1.165) is 17.0 Å². The highest BCUT2D eigenvalue weighted by atomic mass is 35.5. The number of nitrogens with one attached hydrogen (secondary N) is 1. The van der Waals surface area contributed by atoms with Crippen molar-refractivity contribution in [2.45, 2.75) is 18.9 Å². The molecule has 1 amide bonds. The van der Waals surface area contributed by atoms with E-state index in [-0.39, 0.29) is 30.7 Å². The number of thiazole rings is 1. The average Bonchev–Trinajstić information content (AvgIpc) is 2.93. The summed E-state index contributed by atoms with van der Waals surface area (Å²) in [6.45, 7) is 0.578. The number of carbonyl (C=O) groups is 1. The molecule has 0 saturated carbocycles. The number of halogens is 2. The van der Waals surface area contributed by atoms with E-state index < -0.39 is 6.04 Å². The number of benzene rings is 1. The van der Waals surface area contributed by atoms with Crippen LogP contribution >= 0.6 is 36.2 Å². The minimum Gasteiger partial charge on any atom is -0.354 e. The van der Waals surface area contributed by atoms with Gasteiger partial charge < -0.3 is 11.1 Å². The summed E-state index contributed by atoms with van der Waals surface area (Å²) in [5, 5.41) is 5.80. The number of carbonyl (C=O) groups excluding carboxylic acids is 1. The Labute approximate surface area is 141 Å². The molecule has 0 radical (unpaired) electrons. The minimum atomic E-state index is -0.501. The SMILES string of the molecule is Cl.Cl.NC(Cc1ccccc1)C(=O)NCCc1nccs1. The normalized spacial score (nSPS) is 10.9. The molecule has 0 bridgehead atoms. The first-order valence-corrected chi connectivity index (χ1v) is 7.09. The Morgan fingerprint density at radius 2 is 2.00 bits per heavy atom. The monoisotopic (exact) mass is 347 g/mol. The van der Waals surface area contributed by atoms with Gasteiger partial charge in [-0.1, -0.05) is 30.3 Å². The van der Waals surface area contributed by atoms with Crippen molar-refractivity contribution in [2.75, 3.05) is 6.54 Å². The molecule has 1 unspecified atom stereocenters. The van der Waals surface area contributed by atoms with Gasteiger partial charge in [0.2, 0.25) is 5.91 Å². The van der Waals surface area contributed by atoms with Crippen LogP contribution in [-0.2, 0) is 17.6 Å². The number of amides is 1. The fourth-order valence-corrected chi connectivity index (χ4v) is 2.38. The molecule has 1 atom stereocenters. The van der Waals surface area contributed by atoms with E-state index in [1.54, 1.807) is 17.5 Å². The molecule has 2 aromatic rings. The lowest BCUT2D eigenvalue weighted by Crippen LogP contribution is -2.42. The van der Waals surface area contributed by atoms with E-state index in [2.05, 4.69) is 10.3 Å². The summed E-state index contributed by atoms with van der Waals surface area (Å²) in [6, 6.07) is 9.29. The van der Waals surface area contributed by atoms with Crippen LogP contribution in [0.4, 0.5) is 0 Å². The molecule has 0 aliphatic rings. The van der Waals surface area contributed by atoms with Crippen LogP contribution in [0.5, 0.6) is 0 Å². The second kappa shape index (κ2) is 10.6. The predicted molar refractivity (Wildman–Crippen MR) is 91.4 cm³/mol. The van der Waals surface area contributed by atoms with E-state index >= 15 is 0 Å². The van der Waals surface area contributed by atoms with Gasteiger partial charge in [-0.3, -0.25) is 4.79 Å². The molecule has 0 spiro atoms. The maximum Gasteiger partial charge on any atom is 0.237 e. The highest BCUT2D eigenvalue weighted by Crippen LogP contribution is 2.04. The highest BCUT2D eigenvalue weighted by molar-refractivity contribution is 7.09. The van der Waals surface area contributed by atoms with Crippen LogP contribution in [-0.4, -0.2) is 23.5 Å². The molecular weight excluding hydrogens is 329 g/mol. The Bertz CT molecular complexity index is 508. The largest absolute Gasteiger partial charge is 0.354 e. The number of rotatable bonds is 6. The summed E-state index contributed by atoms with van der Waals surface area (Å²) < 4.78 is 0. The van der Waals surface area contributed by atoms with Gasteiger partial charge >= 0.3 is 0 Å². The smallest absolute Gasteiger partial charge is 0.237 e. The van der Waals surface area contributed by atoms with Crippen molar-refractivity contribution in [1.82, 2.24) is 10.3 Å². The van der Waals surface area contributed by atoms with Crippen LogP contribution in [0.3, 0.4) is 0 Å². The topological polar surface area (TPSA) is 68.0 Å². The molecular formula is C14H19Cl2N3OS. The van der Waals surface area contributed by atoms with Crippen LogP contribution in [0.15, 0.2) is 41.9 Å². The van der Waals surface area contributed by atoms with E-state index in [0.29, 0.717) is 13.0 Å². The van der Waals surface area contributed by atoms with E-state index in [4.69, 9.17) is 5.73 Å². The number of nitrogens with zero attached hydrogens (tertiary/aromatic N) is 1. The quantitative estimate of drug-likeness (QED) is 0.841. The van der Waals surface area contributed by atoms with E-state index in [9.17, 15) is 4.79 Å². The van der Waals surface area contributed by atoms with Crippen LogP contribution in [0.1, 0.15) is 10.6 Å². The van der Waals surface area contributed by atoms with Crippen molar-refractivity contribution >= 4 is 42.1 Å². The third-order valence-corrected chi connectivity index (χ3v) is 3.60. The van der Waals surface area contributed by atoms with Crippen LogP contribution in [0.25, 0.3) is 0 Å². The molecule has 0 fully saturated rings. The third-order valence-electron chi connectivity index (χ3n) is 2.76. The van der Waals surface area contributed by atoms with Crippen LogP contribution in [0.2, 0.25) is 0 Å². The molecule has 21 heavy (non-hydrogen) atoms. The fourth-order valence-electron chi connectivity index (χ4n) is 1.76. The number of hydrogen-bond acceptors (Lipinski definition) is 4. The van der Waals surface area contributed by atoms with Gasteiger partial charge in [0.1, 0.15) is 0 Å². The predicted octanol–water partition coefficient (Wildman–Crippen LogP) is 2.22. The first-order chi connectivity index (χ1) is 9.25. The third kappa shape index (κ3) is 6.91. The van der Waals surface area contributed by atoms with Gasteiger partial charge in [0, 0.05) is 24.5 Å². The minimum absolute atomic E-state index is 0. The lowest BCUT2D eigenvalue weighted by molar-refractivity contribution is -0.122. The Kier molecular flexibility index (Phi) is 9.99. The summed E-state index contributed by atoms with van der Waals surface area (Å²) in [5.74, 6) is -0.111. The van der Waals surface area contributed by atoms with Crippen molar-refractivity contribution in [3.63, 3.8) is 0 Å². The molecule has 116 valence electrons. The van der Waals surface area contributed by atoms with Crippen molar-refractivity contribution in [3.8, 4) is 0 Å². The Balaban J connectivity index is 0.00000200. The van der Waals surface area contributed by atoms with Crippen LogP contribution in [0, 0.1) is 0 Å². The zero-order chi connectivity index (χ0) is 13.5. The van der Waals surface area contributed by atoms with E-state index in [1.165, 1.54) is 0 Å². The van der Waals surface area contributed by atoms with Gasteiger partial charge in [-0.2, -0.15) is 0 Å². The van der Waals surface area contributed by atoms with E-state index in [1.807, 2.05) is 35.7 Å². The molecule has 4 nitrogen and oxygen atoms in total. The van der Waals surface area contributed by atoms with Gasteiger partial charge in [0.25, 0.3) is 0 Å². The molecule has 1 heterocycles. The summed E-state index contributed by atoms with van der Waals surface area (Å²) in [4.78, 5) is 16.0. The van der Waals surface area contributed by atoms with Crippen molar-refractivity contribution in [1.29, 1.82) is 0 Å². The lowest BCUT2D eigenvalue weighted by atomic mass is 10.1.